The van der Waals surface area contributed by atoms with Crippen molar-refractivity contribution in [3.8, 4) is 11.8 Å². The predicted octanol–water partition coefficient (Wildman–Crippen LogP) is 1.87. The van der Waals surface area contributed by atoms with Gasteiger partial charge >= 0.3 is 5.97 Å². The number of nitriles is 1. The molecule has 0 spiro atoms. The summed E-state index contributed by atoms with van der Waals surface area (Å²) in [6.07, 6.45) is 0. The molecule has 25 heavy (non-hydrogen) atoms. The fourth-order valence-electron chi connectivity index (χ4n) is 1.76. The minimum absolute atomic E-state index is 0.103. The van der Waals surface area contributed by atoms with E-state index in [4.69, 9.17) is 14.7 Å². The lowest BCUT2D eigenvalue weighted by Gasteiger charge is -2.27. The summed E-state index contributed by atoms with van der Waals surface area (Å²) in [6, 6.07) is 8.43. The zero-order valence-electron chi connectivity index (χ0n) is 14.8. The molecule has 134 valence electrons. The van der Waals surface area contributed by atoms with E-state index in [1.54, 1.807) is 39.0 Å². The van der Waals surface area contributed by atoms with E-state index in [1.807, 2.05) is 6.07 Å². The molecular formula is C18H22N2O5. The van der Waals surface area contributed by atoms with Crippen LogP contribution in [0.5, 0.6) is 5.75 Å². The molecule has 1 aromatic rings. The Kier molecular flexibility index (Phi) is 7.12. The number of hydrogen-bond acceptors (Lipinski definition) is 6. The maximum absolute atomic E-state index is 11.8. The monoisotopic (exact) mass is 346 g/mol. The average Bonchev–Trinajstić information content (AvgIpc) is 2.58. The molecule has 0 bridgehead atoms. The van der Waals surface area contributed by atoms with Crippen molar-refractivity contribution in [2.45, 2.75) is 33.2 Å². The van der Waals surface area contributed by atoms with Crippen LogP contribution < -0.4 is 10.1 Å². The zero-order valence-corrected chi connectivity index (χ0v) is 14.8. The molecule has 0 aliphatic heterocycles. The Bertz CT molecular complexity index is 693. The fourth-order valence-corrected chi connectivity index (χ4v) is 1.76. The van der Waals surface area contributed by atoms with Gasteiger partial charge in [-0.1, -0.05) is 26.0 Å². The van der Waals surface area contributed by atoms with Crippen LogP contribution in [0.2, 0.25) is 0 Å². The van der Waals surface area contributed by atoms with Crippen molar-refractivity contribution in [2.75, 3.05) is 13.2 Å². The first-order valence-corrected chi connectivity index (χ1v) is 7.79. The summed E-state index contributed by atoms with van der Waals surface area (Å²) in [6.45, 7) is 5.74. The molecule has 0 aromatic heterocycles. The molecule has 1 amide bonds. The molecule has 0 radical (unpaired) electrons. The molecule has 0 saturated carbocycles. The van der Waals surface area contributed by atoms with E-state index < -0.39 is 30.6 Å². The molecule has 1 atom stereocenters. The molecule has 1 aromatic carbocycles. The number of nitrogens with one attached hydrogen (secondary N) is 1. The van der Waals surface area contributed by atoms with Crippen molar-refractivity contribution < 1.29 is 23.9 Å². The number of amides is 1. The molecule has 0 heterocycles. The fraction of sp³-hybridized carbons (Fsp3) is 0.444. The van der Waals surface area contributed by atoms with E-state index in [0.717, 1.165) is 0 Å². The van der Waals surface area contributed by atoms with E-state index >= 15 is 0 Å². The van der Waals surface area contributed by atoms with Crippen molar-refractivity contribution in [1.82, 2.24) is 5.32 Å². The van der Waals surface area contributed by atoms with Crippen LogP contribution in [0.4, 0.5) is 0 Å². The number of benzene rings is 1. The molecule has 1 N–H and O–H groups in total. The standard InChI is InChI=1S/C18H22N2O5/c1-12(2)18(4,11-19)20-16(22)9-25-17(23)10-24-15-7-5-6-14(8-15)13(3)21/h5-8,12H,9-10H2,1-4H3,(H,20,22)/t18-/m1/s1. The quantitative estimate of drug-likeness (QED) is 0.569. The highest BCUT2D eigenvalue weighted by Gasteiger charge is 2.30. The summed E-state index contributed by atoms with van der Waals surface area (Å²) in [4.78, 5) is 34.7. The lowest BCUT2D eigenvalue weighted by Crippen LogP contribution is -2.50. The lowest BCUT2D eigenvalue weighted by molar-refractivity contribution is -0.150. The third-order valence-corrected chi connectivity index (χ3v) is 3.75. The second kappa shape index (κ2) is 8.83. The van der Waals surface area contributed by atoms with E-state index in [9.17, 15) is 14.4 Å². The molecule has 0 aliphatic carbocycles. The van der Waals surface area contributed by atoms with Gasteiger partial charge in [-0.25, -0.2) is 4.79 Å². The van der Waals surface area contributed by atoms with Crippen molar-refractivity contribution in [1.29, 1.82) is 5.26 Å². The molecule has 0 saturated heterocycles. The number of rotatable bonds is 8. The van der Waals surface area contributed by atoms with Gasteiger partial charge in [0.15, 0.2) is 19.0 Å². The van der Waals surface area contributed by atoms with Gasteiger partial charge in [0.1, 0.15) is 11.3 Å². The topological polar surface area (TPSA) is 105 Å². The summed E-state index contributed by atoms with van der Waals surface area (Å²) in [5.74, 6) is -1.16. The Morgan fingerprint density at radius 2 is 1.96 bits per heavy atom. The maximum Gasteiger partial charge on any atom is 0.344 e. The van der Waals surface area contributed by atoms with Crippen molar-refractivity contribution in [3.05, 3.63) is 29.8 Å². The van der Waals surface area contributed by atoms with Gasteiger partial charge in [-0.15, -0.1) is 0 Å². The first-order valence-electron chi connectivity index (χ1n) is 7.79. The zero-order chi connectivity index (χ0) is 19.0. The van der Waals surface area contributed by atoms with Gasteiger partial charge in [-0.05, 0) is 31.9 Å². The highest BCUT2D eigenvalue weighted by molar-refractivity contribution is 5.94. The van der Waals surface area contributed by atoms with Crippen LogP contribution in [0.25, 0.3) is 0 Å². The van der Waals surface area contributed by atoms with Crippen LogP contribution in [0.3, 0.4) is 0 Å². The van der Waals surface area contributed by atoms with Crippen molar-refractivity contribution >= 4 is 17.7 Å². The molecule has 7 heteroatoms. The van der Waals surface area contributed by atoms with Gasteiger partial charge in [0.05, 0.1) is 6.07 Å². The number of nitrogens with zero attached hydrogens (tertiary/aromatic N) is 1. The first-order chi connectivity index (χ1) is 11.7. The van der Waals surface area contributed by atoms with Crippen LogP contribution in [0.15, 0.2) is 24.3 Å². The van der Waals surface area contributed by atoms with Crippen LogP contribution in [0.1, 0.15) is 38.1 Å². The SMILES string of the molecule is CC(=O)c1cccc(OCC(=O)OCC(=O)N[C@](C)(C#N)C(C)C)c1. The van der Waals surface area contributed by atoms with Gasteiger partial charge in [-0.3, -0.25) is 9.59 Å². The number of ketones is 1. The van der Waals surface area contributed by atoms with Gasteiger partial charge in [0.2, 0.25) is 0 Å². The van der Waals surface area contributed by atoms with Crippen LogP contribution in [-0.4, -0.2) is 36.4 Å². The summed E-state index contributed by atoms with van der Waals surface area (Å²) >= 11 is 0. The van der Waals surface area contributed by atoms with Crippen molar-refractivity contribution in [2.24, 2.45) is 5.92 Å². The third-order valence-electron chi connectivity index (χ3n) is 3.75. The molecular weight excluding hydrogens is 324 g/mol. The number of carbonyl (C=O) groups is 3. The van der Waals surface area contributed by atoms with Crippen LogP contribution in [-0.2, 0) is 14.3 Å². The second-order valence-electron chi connectivity index (χ2n) is 6.05. The third kappa shape index (κ3) is 6.26. The number of carbonyl (C=O) groups excluding carboxylic acids is 3. The average molecular weight is 346 g/mol. The Labute approximate surface area is 146 Å². The smallest absolute Gasteiger partial charge is 0.344 e. The number of ether oxygens (including phenoxy) is 2. The first kappa shape index (κ1) is 20.2. The Balaban J connectivity index is 2.45. The van der Waals surface area contributed by atoms with Crippen LogP contribution >= 0.6 is 0 Å². The van der Waals surface area contributed by atoms with Gasteiger partial charge in [0.25, 0.3) is 5.91 Å². The minimum Gasteiger partial charge on any atom is -0.482 e. The van der Waals surface area contributed by atoms with Gasteiger partial charge in [-0.2, -0.15) is 5.26 Å². The maximum atomic E-state index is 11.8. The largest absolute Gasteiger partial charge is 0.482 e. The summed E-state index contributed by atoms with van der Waals surface area (Å²) in [7, 11) is 0. The van der Waals surface area contributed by atoms with Gasteiger partial charge in [0, 0.05) is 5.56 Å². The van der Waals surface area contributed by atoms with Crippen molar-refractivity contribution in [3.63, 3.8) is 0 Å². The summed E-state index contributed by atoms with van der Waals surface area (Å²) in [5, 5.41) is 11.7. The summed E-state index contributed by atoms with van der Waals surface area (Å²) < 4.78 is 10.1. The Hall–Kier alpha value is -2.88. The molecule has 0 fully saturated rings. The lowest BCUT2D eigenvalue weighted by atomic mass is 9.90. The van der Waals surface area contributed by atoms with E-state index in [-0.39, 0.29) is 11.7 Å². The highest BCUT2D eigenvalue weighted by atomic mass is 16.6. The number of hydrogen-bond donors (Lipinski definition) is 1. The van der Waals surface area contributed by atoms with E-state index in [0.29, 0.717) is 11.3 Å². The van der Waals surface area contributed by atoms with E-state index in [2.05, 4.69) is 5.32 Å². The molecule has 1 rings (SSSR count). The Morgan fingerprint density at radius 3 is 2.52 bits per heavy atom. The molecule has 0 unspecified atom stereocenters. The molecule has 7 nitrogen and oxygen atoms in total. The van der Waals surface area contributed by atoms with Gasteiger partial charge < -0.3 is 14.8 Å². The van der Waals surface area contributed by atoms with Crippen LogP contribution in [0, 0.1) is 17.2 Å². The molecule has 0 aliphatic rings. The summed E-state index contributed by atoms with van der Waals surface area (Å²) in [5.41, 5.74) is -0.567. The highest BCUT2D eigenvalue weighted by Crippen LogP contribution is 2.15. The second-order valence-corrected chi connectivity index (χ2v) is 6.05. The normalized spacial score (nSPS) is 12.6. The Morgan fingerprint density at radius 1 is 1.28 bits per heavy atom. The predicted molar refractivity (Wildman–Crippen MR) is 89.9 cm³/mol. The number of Topliss-reactive ketones (excluding diaryl/α,β-unsaturated/α-hetero) is 1. The number of esters is 1. The van der Waals surface area contributed by atoms with E-state index in [1.165, 1.54) is 13.0 Å². The minimum atomic E-state index is -1.03.